The molecule has 1 saturated heterocycles. The molecule has 1 heterocycles. The van der Waals surface area contributed by atoms with Crippen molar-refractivity contribution in [2.45, 2.75) is 32.7 Å². The Hall–Kier alpha value is -1.75. The second-order valence-corrected chi connectivity index (χ2v) is 5.04. The first-order valence-electron chi connectivity index (χ1n) is 6.91. The molecule has 1 amide bonds. The van der Waals surface area contributed by atoms with Gasteiger partial charge in [-0.2, -0.15) is 0 Å². The molecule has 1 aliphatic rings. The number of carbonyl (C=O) groups excluding carboxylic acids is 2. The Morgan fingerprint density at radius 2 is 2.10 bits per heavy atom. The van der Waals surface area contributed by atoms with Crippen LogP contribution in [0.1, 0.15) is 31.7 Å². The van der Waals surface area contributed by atoms with Gasteiger partial charge in [-0.15, -0.1) is 0 Å². The van der Waals surface area contributed by atoms with Crippen molar-refractivity contribution < 1.29 is 14.0 Å². The van der Waals surface area contributed by atoms with E-state index in [-0.39, 0.29) is 30.5 Å². The number of Topliss-reactive ketones (excluding diaryl/α,β-unsaturated/α-hetero) is 1. The zero-order chi connectivity index (χ0) is 14.5. The van der Waals surface area contributed by atoms with Crippen molar-refractivity contribution in [3.8, 4) is 0 Å². The van der Waals surface area contributed by atoms with Crippen molar-refractivity contribution in [1.82, 2.24) is 10.0 Å². The highest BCUT2D eigenvalue weighted by Gasteiger charge is 2.30. The number of hydrogen-bond acceptors (Lipinski definition) is 3. The zero-order valence-electron chi connectivity index (χ0n) is 11.6. The first-order chi connectivity index (χ1) is 9.60. The maximum atomic E-state index is 13.2. The van der Waals surface area contributed by atoms with E-state index < -0.39 is 0 Å². The minimum absolute atomic E-state index is 0.0541. The molecular formula is C15H19FN2O2. The third-order valence-electron chi connectivity index (χ3n) is 3.33. The van der Waals surface area contributed by atoms with Gasteiger partial charge in [0.2, 0.25) is 5.91 Å². The van der Waals surface area contributed by atoms with E-state index in [4.69, 9.17) is 0 Å². The van der Waals surface area contributed by atoms with Gasteiger partial charge < -0.3 is 0 Å². The van der Waals surface area contributed by atoms with Crippen LogP contribution in [-0.2, 0) is 16.1 Å². The summed E-state index contributed by atoms with van der Waals surface area (Å²) in [4.78, 5) is 23.6. The summed E-state index contributed by atoms with van der Waals surface area (Å²) in [6.07, 6.45) is 1.85. The van der Waals surface area contributed by atoms with E-state index in [2.05, 4.69) is 6.92 Å². The predicted octanol–water partition coefficient (Wildman–Crippen LogP) is 2.14. The lowest BCUT2D eigenvalue weighted by Crippen LogP contribution is -2.53. The Kier molecular flexibility index (Phi) is 4.84. The van der Waals surface area contributed by atoms with Crippen LogP contribution in [0.2, 0.25) is 0 Å². The monoisotopic (exact) mass is 278 g/mol. The van der Waals surface area contributed by atoms with E-state index in [0.29, 0.717) is 13.1 Å². The first kappa shape index (κ1) is 14.7. The molecule has 2 rings (SSSR count). The van der Waals surface area contributed by atoms with Gasteiger partial charge in [0.15, 0.2) is 5.78 Å². The summed E-state index contributed by atoms with van der Waals surface area (Å²) >= 11 is 0. The molecule has 0 aliphatic carbocycles. The highest BCUT2D eigenvalue weighted by molar-refractivity contribution is 6.00. The van der Waals surface area contributed by atoms with Gasteiger partial charge in [-0.05, 0) is 24.1 Å². The van der Waals surface area contributed by atoms with Crippen molar-refractivity contribution in [1.29, 1.82) is 0 Å². The van der Waals surface area contributed by atoms with Gasteiger partial charge in [0, 0.05) is 6.54 Å². The Labute approximate surface area is 118 Å². The highest BCUT2D eigenvalue weighted by Crippen LogP contribution is 2.16. The summed E-state index contributed by atoms with van der Waals surface area (Å²) in [5.41, 5.74) is 0.731. The number of ketones is 1. The molecule has 1 fully saturated rings. The summed E-state index contributed by atoms with van der Waals surface area (Å²) in [6.45, 7) is 3.31. The molecule has 4 nitrogen and oxygen atoms in total. The van der Waals surface area contributed by atoms with Gasteiger partial charge >= 0.3 is 0 Å². The second-order valence-electron chi connectivity index (χ2n) is 5.04. The number of hydrazine groups is 1. The fourth-order valence-electron chi connectivity index (χ4n) is 2.30. The third kappa shape index (κ3) is 3.63. The summed E-state index contributed by atoms with van der Waals surface area (Å²) < 4.78 is 13.2. The van der Waals surface area contributed by atoms with Gasteiger partial charge in [0.1, 0.15) is 5.82 Å². The van der Waals surface area contributed by atoms with Crippen molar-refractivity contribution in [3.05, 3.63) is 35.6 Å². The molecule has 5 heteroatoms. The lowest BCUT2D eigenvalue weighted by Gasteiger charge is -2.37. The van der Waals surface area contributed by atoms with Crippen molar-refractivity contribution in [2.24, 2.45) is 0 Å². The quantitative estimate of drug-likeness (QED) is 0.775. The van der Waals surface area contributed by atoms with Gasteiger partial charge in [-0.1, -0.05) is 25.5 Å². The molecular weight excluding hydrogens is 259 g/mol. The first-order valence-corrected chi connectivity index (χ1v) is 6.91. The number of carbonyl (C=O) groups is 2. The van der Waals surface area contributed by atoms with Gasteiger partial charge in [0.25, 0.3) is 0 Å². The molecule has 1 aromatic carbocycles. The lowest BCUT2D eigenvalue weighted by molar-refractivity contribution is -0.162. The summed E-state index contributed by atoms with van der Waals surface area (Å²) in [7, 11) is 0. The van der Waals surface area contributed by atoms with E-state index in [1.165, 1.54) is 12.1 Å². The fraction of sp³-hybridized carbons (Fsp3) is 0.467. The van der Waals surface area contributed by atoms with Crippen molar-refractivity contribution >= 4 is 11.7 Å². The number of unbranched alkanes of at least 4 members (excludes halogenated alkanes) is 1. The van der Waals surface area contributed by atoms with Crippen LogP contribution in [0.4, 0.5) is 4.39 Å². The molecule has 0 atom stereocenters. The number of rotatable bonds is 5. The van der Waals surface area contributed by atoms with Crippen LogP contribution in [0.25, 0.3) is 0 Å². The van der Waals surface area contributed by atoms with E-state index in [0.717, 1.165) is 18.4 Å². The smallest absolute Gasteiger partial charge is 0.244 e. The van der Waals surface area contributed by atoms with E-state index in [1.54, 1.807) is 22.2 Å². The molecule has 0 unspecified atom stereocenters. The molecule has 0 radical (unpaired) electrons. The number of benzene rings is 1. The molecule has 0 saturated carbocycles. The largest absolute Gasteiger partial charge is 0.298 e. The Balaban J connectivity index is 2.12. The fourth-order valence-corrected chi connectivity index (χ4v) is 2.30. The molecule has 20 heavy (non-hydrogen) atoms. The topological polar surface area (TPSA) is 40.6 Å². The normalized spacial score (nSPS) is 16.8. The lowest BCUT2D eigenvalue weighted by atomic mass is 10.1. The standard InChI is InChI=1S/C15H19FN2O2/c1-2-3-7-17-11-14(19)9-15(20)18(17)10-12-5-4-6-13(16)8-12/h4-6,8H,2-3,7,9-11H2,1H3. The summed E-state index contributed by atoms with van der Waals surface area (Å²) in [5, 5.41) is 3.36. The average Bonchev–Trinajstić information content (AvgIpc) is 2.40. The van der Waals surface area contributed by atoms with Crippen LogP contribution in [0.5, 0.6) is 0 Å². The van der Waals surface area contributed by atoms with Crippen molar-refractivity contribution in [3.63, 3.8) is 0 Å². The predicted molar refractivity (Wildman–Crippen MR) is 73.1 cm³/mol. The SMILES string of the molecule is CCCCN1CC(=O)CC(=O)N1Cc1cccc(F)c1. The molecule has 0 bridgehead atoms. The Morgan fingerprint density at radius 3 is 2.80 bits per heavy atom. The van der Waals surface area contributed by atoms with Gasteiger partial charge in [-0.25, -0.2) is 9.40 Å². The van der Waals surface area contributed by atoms with E-state index >= 15 is 0 Å². The highest BCUT2D eigenvalue weighted by atomic mass is 19.1. The molecule has 1 aliphatic heterocycles. The maximum Gasteiger partial charge on any atom is 0.244 e. The Morgan fingerprint density at radius 1 is 1.30 bits per heavy atom. The van der Waals surface area contributed by atoms with Crippen LogP contribution in [0, 0.1) is 5.82 Å². The second kappa shape index (κ2) is 6.61. The van der Waals surface area contributed by atoms with Gasteiger partial charge in [0.05, 0.1) is 19.5 Å². The van der Waals surface area contributed by atoms with Crippen LogP contribution >= 0.6 is 0 Å². The third-order valence-corrected chi connectivity index (χ3v) is 3.33. The van der Waals surface area contributed by atoms with Crippen LogP contribution in [0.3, 0.4) is 0 Å². The summed E-state index contributed by atoms with van der Waals surface area (Å²) in [6, 6.07) is 6.20. The molecule has 0 spiro atoms. The number of amides is 1. The van der Waals surface area contributed by atoms with Crippen LogP contribution in [-0.4, -0.2) is 34.8 Å². The minimum atomic E-state index is -0.317. The minimum Gasteiger partial charge on any atom is -0.298 e. The van der Waals surface area contributed by atoms with E-state index in [1.807, 2.05) is 0 Å². The molecule has 108 valence electrons. The van der Waals surface area contributed by atoms with E-state index in [9.17, 15) is 14.0 Å². The molecule has 0 aromatic heterocycles. The number of hydrogen-bond donors (Lipinski definition) is 0. The Bertz CT molecular complexity index is 504. The maximum absolute atomic E-state index is 13.2. The molecule has 1 aromatic rings. The number of halogens is 1. The van der Waals surface area contributed by atoms with Crippen LogP contribution in [0.15, 0.2) is 24.3 Å². The van der Waals surface area contributed by atoms with Gasteiger partial charge in [-0.3, -0.25) is 14.6 Å². The summed E-state index contributed by atoms with van der Waals surface area (Å²) in [5.74, 6) is -0.577. The van der Waals surface area contributed by atoms with Crippen LogP contribution < -0.4 is 0 Å². The zero-order valence-corrected chi connectivity index (χ0v) is 11.6. The molecule has 0 N–H and O–H groups in total. The van der Waals surface area contributed by atoms with Crippen molar-refractivity contribution in [2.75, 3.05) is 13.1 Å². The average molecular weight is 278 g/mol. The number of nitrogens with zero attached hydrogens (tertiary/aromatic N) is 2.